The van der Waals surface area contributed by atoms with Crippen molar-refractivity contribution in [1.82, 2.24) is 10.2 Å². The molecular weight excluding hydrogens is 460 g/mol. The van der Waals surface area contributed by atoms with Crippen LogP contribution in [0.3, 0.4) is 0 Å². The summed E-state index contributed by atoms with van der Waals surface area (Å²) >= 11 is 13.6. The number of fused-ring (bicyclic) bond motifs is 1. The second-order valence-electron chi connectivity index (χ2n) is 7.64. The quantitative estimate of drug-likeness (QED) is 0.616. The Labute approximate surface area is 194 Å². The second kappa shape index (κ2) is 9.77. The summed E-state index contributed by atoms with van der Waals surface area (Å²) in [6.07, 6.45) is 2.08. The van der Waals surface area contributed by atoms with Crippen LogP contribution in [-0.4, -0.2) is 41.6 Å². The summed E-state index contributed by atoms with van der Waals surface area (Å²) in [5, 5.41) is 6.04. The first-order valence-corrected chi connectivity index (χ1v) is 11.8. The fourth-order valence-electron chi connectivity index (χ4n) is 4.00. The highest BCUT2D eigenvalue weighted by Crippen LogP contribution is 2.38. The normalized spacial score (nSPS) is 19.6. The van der Waals surface area contributed by atoms with E-state index in [-0.39, 0.29) is 36.6 Å². The van der Waals surface area contributed by atoms with Gasteiger partial charge in [-0.3, -0.25) is 14.5 Å². The number of hydrogen-bond donors (Lipinski definition) is 2. The molecule has 0 saturated carbocycles. The van der Waals surface area contributed by atoms with E-state index in [0.717, 1.165) is 30.8 Å². The van der Waals surface area contributed by atoms with Gasteiger partial charge in [-0.05, 0) is 56.3 Å². The van der Waals surface area contributed by atoms with Crippen LogP contribution in [-0.2, 0) is 9.59 Å². The Bertz CT molecular complexity index is 980. The molecule has 2 amide bonds. The van der Waals surface area contributed by atoms with Crippen LogP contribution in [0.15, 0.2) is 41.3 Å². The van der Waals surface area contributed by atoms with E-state index in [4.69, 9.17) is 23.2 Å². The number of hydrogen-bond acceptors (Lipinski definition) is 4. The smallest absolute Gasteiger partial charge is 0.238 e. The van der Waals surface area contributed by atoms with Gasteiger partial charge in [-0.2, -0.15) is 0 Å². The molecule has 2 aromatic carbocycles. The number of anilines is 1. The van der Waals surface area contributed by atoms with Gasteiger partial charge in [-0.1, -0.05) is 29.3 Å². The van der Waals surface area contributed by atoms with Crippen LogP contribution in [0.1, 0.15) is 30.9 Å². The number of rotatable bonds is 6. The van der Waals surface area contributed by atoms with E-state index in [0.29, 0.717) is 21.3 Å². The zero-order valence-corrected chi connectivity index (χ0v) is 19.0. The monoisotopic (exact) mass is 481 g/mol. The maximum absolute atomic E-state index is 14.6. The molecule has 0 bridgehead atoms. The average molecular weight is 482 g/mol. The molecule has 5 nitrogen and oxygen atoms in total. The SMILES string of the molecule is O=C(CC1Sc2ccc(Cl)cc2NC1=O)NCC(c1c(F)cccc1Cl)N1CCCC1. The Morgan fingerprint density at radius 3 is 2.77 bits per heavy atom. The minimum Gasteiger partial charge on any atom is -0.354 e. The van der Waals surface area contributed by atoms with Crippen LogP contribution in [0.4, 0.5) is 10.1 Å². The molecule has 0 aromatic heterocycles. The molecule has 2 unspecified atom stereocenters. The Balaban J connectivity index is 1.42. The van der Waals surface area contributed by atoms with E-state index in [1.807, 2.05) is 6.07 Å². The van der Waals surface area contributed by atoms with Gasteiger partial charge in [0.05, 0.1) is 17.0 Å². The van der Waals surface area contributed by atoms with Gasteiger partial charge in [-0.15, -0.1) is 11.8 Å². The van der Waals surface area contributed by atoms with Crippen molar-refractivity contribution in [2.45, 2.75) is 35.4 Å². The predicted molar refractivity (Wildman–Crippen MR) is 122 cm³/mol. The fraction of sp³-hybridized carbons (Fsp3) is 0.364. The van der Waals surface area contributed by atoms with Gasteiger partial charge in [0.1, 0.15) is 5.82 Å². The van der Waals surface area contributed by atoms with E-state index in [1.54, 1.807) is 24.3 Å². The molecule has 2 atom stereocenters. The second-order valence-corrected chi connectivity index (χ2v) is 9.73. The number of carbonyl (C=O) groups is 2. The van der Waals surface area contributed by atoms with E-state index >= 15 is 0 Å². The van der Waals surface area contributed by atoms with Gasteiger partial charge < -0.3 is 10.6 Å². The molecule has 4 rings (SSSR count). The summed E-state index contributed by atoms with van der Waals surface area (Å²) in [5.74, 6) is -0.874. The summed E-state index contributed by atoms with van der Waals surface area (Å²) in [6, 6.07) is 9.55. The van der Waals surface area contributed by atoms with Crippen LogP contribution >= 0.6 is 35.0 Å². The third kappa shape index (κ3) is 5.17. The maximum Gasteiger partial charge on any atom is 0.238 e. The van der Waals surface area contributed by atoms with Crippen LogP contribution in [0, 0.1) is 5.82 Å². The van der Waals surface area contributed by atoms with Crippen molar-refractivity contribution in [2.24, 2.45) is 0 Å². The van der Waals surface area contributed by atoms with Crippen molar-refractivity contribution in [3.8, 4) is 0 Å². The Kier molecular flexibility index (Phi) is 7.06. The highest BCUT2D eigenvalue weighted by molar-refractivity contribution is 8.01. The van der Waals surface area contributed by atoms with Crippen molar-refractivity contribution >= 4 is 52.5 Å². The predicted octanol–water partition coefficient (Wildman–Crippen LogP) is 4.89. The molecule has 9 heteroatoms. The van der Waals surface area contributed by atoms with Crippen molar-refractivity contribution in [2.75, 3.05) is 25.0 Å². The summed E-state index contributed by atoms with van der Waals surface area (Å²) < 4.78 is 14.6. The molecule has 0 aliphatic carbocycles. The number of thioether (sulfide) groups is 1. The van der Waals surface area contributed by atoms with Crippen LogP contribution in [0.25, 0.3) is 0 Å². The third-order valence-electron chi connectivity index (χ3n) is 5.54. The van der Waals surface area contributed by atoms with Gasteiger partial charge in [0.15, 0.2) is 0 Å². The first-order chi connectivity index (χ1) is 14.9. The standard InChI is InChI=1S/C22H22Cl2FN3O2S/c23-13-6-7-18-16(10-13)27-22(30)19(31-18)11-20(29)26-12-17(28-8-1-2-9-28)21-14(24)4-3-5-15(21)25/h3-7,10,17,19H,1-2,8-9,11-12H2,(H,26,29)(H,27,30). The zero-order chi connectivity index (χ0) is 22.0. The lowest BCUT2D eigenvalue weighted by Crippen LogP contribution is -2.40. The molecule has 2 N–H and O–H groups in total. The molecule has 31 heavy (non-hydrogen) atoms. The summed E-state index contributed by atoms with van der Waals surface area (Å²) in [6.45, 7) is 1.88. The Hall–Kier alpha value is -1.80. The van der Waals surface area contributed by atoms with E-state index < -0.39 is 5.25 Å². The molecule has 0 radical (unpaired) electrons. The molecule has 2 aliphatic heterocycles. The Morgan fingerprint density at radius 2 is 2.03 bits per heavy atom. The molecule has 2 aromatic rings. The summed E-state index contributed by atoms with van der Waals surface area (Å²) in [4.78, 5) is 28.1. The average Bonchev–Trinajstić information content (AvgIpc) is 3.25. The van der Waals surface area contributed by atoms with Gasteiger partial charge in [0, 0.05) is 33.5 Å². The first kappa shape index (κ1) is 22.4. The highest BCUT2D eigenvalue weighted by Gasteiger charge is 2.31. The fourth-order valence-corrected chi connectivity index (χ4v) is 5.56. The molecule has 2 aliphatic rings. The molecule has 0 spiro atoms. The lowest BCUT2D eigenvalue weighted by atomic mass is 10.0. The topological polar surface area (TPSA) is 61.4 Å². The van der Waals surface area contributed by atoms with Crippen molar-refractivity contribution in [3.63, 3.8) is 0 Å². The molecular formula is C22H22Cl2FN3O2S. The van der Waals surface area contributed by atoms with Crippen LogP contribution in [0.5, 0.6) is 0 Å². The molecule has 1 fully saturated rings. The number of amides is 2. The molecule has 2 heterocycles. The minimum absolute atomic E-state index is 0.0241. The summed E-state index contributed by atoms with van der Waals surface area (Å²) in [5.41, 5.74) is 1.06. The third-order valence-corrected chi connectivity index (χ3v) is 7.38. The number of halogens is 3. The lowest BCUT2D eigenvalue weighted by molar-refractivity contribution is -0.124. The van der Waals surface area contributed by atoms with E-state index in [9.17, 15) is 14.0 Å². The van der Waals surface area contributed by atoms with Gasteiger partial charge >= 0.3 is 0 Å². The van der Waals surface area contributed by atoms with Crippen LogP contribution in [0.2, 0.25) is 10.0 Å². The zero-order valence-electron chi connectivity index (χ0n) is 16.7. The first-order valence-electron chi connectivity index (χ1n) is 10.1. The molecule has 164 valence electrons. The van der Waals surface area contributed by atoms with Crippen molar-refractivity contribution in [3.05, 3.63) is 57.8 Å². The number of nitrogens with zero attached hydrogens (tertiary/aromatic N) is 1. The summed E-state index contributed by atoms with van der Waals surface area (Å²) in [7, 11) is 0. The van der Waals surface area contributed by atoms with Gasteiger partial charge in [0.25, 0.3) is 0 Å². The van der Waals surface area contributed by atoms with Crippen molar-refractivity contribution in [1.29, 1.82) is 0 Å². The number of carbonyl (C=O) groups excluding carboxylic acids is 2. The minimum atomic E-state index is -0.545. The van der Waals surface area contributed by atoms with E-state index in [1.165, 1.54) is 17.8 Å². The molecule has 1 saturated heterocycles. The van der Waals surface area contributed by atoms with Crippen molar-refractivity contribution < 1.29 is 14.0 Å². The van der Waals surface area contributed by atoms with Gasteiger partial charge in [0.2, 0.25) is 11.8 Å². The van der Waals surface area contributed by atoms with Gasteiger partial charge in [-0.25, -0.2) is 4.39 Å². The number of likely N-dealkylation sites (tertiary alicyclic amines) is 1. The number of benzene rings is 2. The van der Waals surface area contributed by atoms with Crippen LogP contribution < -0.4 is 10.6 Å². The highest BCUT2D eigenvalue weighted by atomic mass is 35.5. The maximum atomic E-state index is 14.6. The number of nitrogens with one attached hydrogen (secondary N) is 2. The lowest BCUT2D eigenvalue weighted by Gasteiger charge is -2.29. The Morgan fingerprint density at radius 1 is 1.26 bits per heavy atom. The van der Waals surface area contributed by atoms with E-state index in [2.05, 4.69) is 15.5 Å². The largest absolute Gasteiger partial charge is 0.354 e.